The van der Waals surface area contributed by atoms with Crippen molar-refractivity contribution in [2.24, 2.45) is 0 Å². The number of carbonyl (C=O) groups excluding carboxylic acids is 2. The first-order chi connectivity index (χ1) is 9.31. The number of aryl methyl sites for hydroxylation is 3. The molecular formula is C15H23N3O2. The van der Waals surface area contributed by atoms with E-state index in [1.54, 1.807) is 0 Å². The van der Waals surface area contributed by atoms with Crippen molar-refractivity contribution in [3.8, 4) is 0 Å². The van der Waals surface area contributed by atoms with E-state index in [-0.39, 0.29) is 0 Å². The summed E-state index contributed by atoms with van der Waals surface area (Å²) < 4.78 is 0. The molecule has 20 heavy (non-hydrogen) atoms. The molecule has 0 atom stereocenters. The first-order valence-corrected chi connectivity index (χ1v) is 6.63. The van der Waals surface area contributed by atoms with Crippen LogP contribution in [0.3, 0.4) is 0 Å². The number of likely N-dealkylation sites (N-methyl/N-ethyl adjacent to an activating group) is 1. The van der Waals surface area contributed by atoms with Gasteiger partial charge in [0.25, 0.3) is 0 Å². The summed E-state index contributed by atoms with van der Waals surface area (Å²) in [6.07, 6.45) is 0. The van der Waals surface area contributed by atoms with E-state index in [4.69, 9.17) is 0 Å². The fraction of sp³-hybridized carbons (Fsp3) is 0.467. The average molecular weight is 277 g/mol. The molecule has 0 saturated carbocycles. The van der Waals surface area contributed by atoms with Gasteiger partial charge in [-0.05, 0) is 46.0 Å². The Hall–Kier alpha value is -1.88. The van der Waals surface area contributed by atoms with E-state index < -0.39 is 11.8 Å². The van der Waals surface area contributed by atoms with Crippen LogP contribution in [0.2, 0.25) is 0 Å². The molecule has 110 valence electrons. The molecule has 0 fully saturated rings. The predicted octanol–water partition coefficient (Wildman–Crippen LogP) is 1.23. The molecule has 1 aromatic carbocycles. The van der Waals surface area contributed by atoms with Crippen LogP contribution < -0.4 is 10.6 Å². The summed E-state index contributed by atoms with van der Waals surface area (Å²) in [5, 5.41) is 5.27. The van der Waals surface area contributed by atoms with Crippen molar-refractivity contribution in [1.29, 1.82) is 0 Å². The zero-order chi connectivity index (χ0) is 15.3. The van der Waals surface area contributed by atoms with Gasteiger partial charge in [-0.1, -0.05) is 17.7 Å². The fourth-order valence-corrected chi connectivity index (χ4v) is 2.02. The minimum Gasteiger partial charge on any atom is -0.347 e. The fourth-order valence-electron chi connectivity index (χ4n) is 2.02. The maximum absolute atomic E-state index is 11.8. The highest BCUT2D eigenvalue weighted by Crippen LogP contribution is 2.21. The van der Waals surface area contributed by atoms with Crippen LogP contribution in [0, 0.1) is 20.8 Å². The number of nitrogens with one attached hydrogen (secondary N) is 2. The quantitative estimate of drug-likeness (QED) is 0.814. The molecule has 5 nitrogen and oxygen atoms in total. The molecule has 0 aliphatic rings. The van der Waals surface area contributed by atoms with Crippen molar-refractivity contribution in [1.82, 2.24) is 10.2 Å². The number of nitrogens with zero attached hydrogens (tertiary/aromatic N) is 1. The van der Waals surface area contributed by atoms with Gasteiger partial charge >= 0.3 is 11.8 Å². The van der Waals surface area contributed by atoms with Crippen LogP contribution in [0.4, 0.5) is 5.69 Å². The van der Waals surface area contributed by atoms with E-state index in [0.29, 0.717) is 18.8 Å². The number of anilines is 1. The molecule has 2 N–H and O–H groups in total. The highest BCUT2D eigenvalue weighted by Gasteiger charge is 2.15. The zero-order valence-corrected chi connectivity index (χ0v) is 12.8. The van der Waals surface area contributed by atoms with Gasteiger partial charge in [-0.15, -0.1) is 0 Å². The van der Waals surface area contributed by atoms with Crippen LogP contribution in [-0.2, 0) is 9.59 Å². The van der Waals surface area contributed by atoms with Gasteiger partial charge in [0.05, 0.1) is 0 Å². The average Bonchev–Trinajstić information content (AvgIpc) is 2.32. The van der Waals surface area contributed by atoms with Gasteiger partial charge in [-0.25, -0.2) is 0 Å². The molecule has 5 heteroatoms. The molecule has 0 radical (unpaired) electrons. The van der Waals surface area contributed by atoms with E-state index in [2.05, 4.69) is 10.6 Å². The lowest BCUT2D eigenvalue weighted by Crippen LogP contribution is -2.39. The Morgan fingerprint density at radius 3 is 2.10 bits per heavy atom. The molecule has 0 heterocycles. The van der Waals surface area contributed by atoms with Gasteiger partial charge in [-0.2, -0.15) is 0 Å². The Morgan fingerprint density at radius 1 is 1.05 bits per heavy atom. The predicted molar refractivity (Wildman–Crippen MR) is 80.8 cm³/mol. The van der Waals surface area contributed by atoms with Crippen molar-refractivity contribution in [2.75, 3.05) is 32.5 Å². The molecule has 0 spiro atoms. The second-order valence-electron chi connectivity index (χ2n) is 5.29. The summed E-state index contributed by atoms with van der Waals surface area (Å²) in [5.74, 6) is -1.23. The van der Waals surface area contributed by atoms with Gasteiger partial charge in [0.1, 0.15) is 0 Å². The maximum atomic E-state index is 11.8. The first-order valence-electron chi connectivity index (χ1n) is 6.63. The number of hydrogen-bond donors (Lipinski definition) is 2. The largest absolute Gasteiger partial charge is 0.347 e. The summed E-state index contributed by atoms with van der Waals surface area (Å²) in [4.78, 5) is 25.5. The highest BCUT2D eigenvalue weighted by molar-refractivity contribution is 6.39. The SMILES string of the molecule is Cc1cc(C)c(NC(=O)C(=O)NCCN(C)C)c(C)c1. The maximum Gasteiger partial charge on any atom is 0.313 e. The number of rotatable bonds is 4. The number of benzene rings is 1. The third-order valence-corrected chi connectivity index (χ3v) is 2.97. The van der Waals surface area contributed by atoms with Crippen molar-refractivity contribution in [2.45, 2.75) is 20.8 Å². The molecule has 2 amide bonds. The van der Waals surface area contributed by atoms with Gasteiger partial charge in [0.15, 0.2) is 0 Å². The second kappa shape index (κ2) is 7.05. The van der Waals surface area contributed by atoms with Crippen molar-refractivity contribution >= 4 is 17.5 Å². The molecule has 0 aromatic heterocycles. The minimum absolute atomic E-state index is 0.450. The molecule has 0 aliphatic carbocycles. The smallest absolute Gasteiger partial charge is 0.313 e. The van der Waals surface area contributed by atoms with E-state index in [1.807, 2.05) is 51.9 Å². The van der Waals surface area contributed by atoms with Gasteiger partial charge in [0, 0.05) is 18.8 Å². The normalized spacial score (nSPS) is 10.5. The van der Waals surface area contributed by atoms with E-state index in [1.165, 1.54) is 0 Å². The molecule has 0 bridgehead atoms. The summed E-state index contributed by atoms with van der Waals surface area (Å²) in [6, 6.07) is 3.96. The van der Waals surface area contributed by atoms with Crippen LogP contribution in [0.15, 0.2) is 12.1 Å². The van der Waals surface area contributed by atoms with Crippen molar-refractivity contribution in [3.63, 3.8) is 0 Å². The molecule has 0 saturated heterocycles. The molecule has 0 unspecified atom stereocenters. The molecule has 1 rings (SSSR count). The number of amides is 2. The van der Waals surface area contributed by atoms with Crippen LogP contribution in [0.1, 0.15) is 16.7 Å². The van der Waals surface area contributed by atoms with Crippen LogP contribution in [0.25, 0.3) is 0 Å². The highest BCUT2D eigenvalue weighted by atomic mass is 16.2. The lowest BCUT2D eigenvalue weighted by molar-refractivity contribution is -0.136. The Balaban J connectivity index is 2.64. The standard InChI is InChI=1S/C15H23N3O2/c1-10-8-11(2)13(12(3)9-10)17-15(20)14(19)16-6-7-18(4)5/h8-9H,6-7H2,1-5H3,(H,16,19)(H,17,20). The molecule has 0 aliphatic heterocycles. The Labute approximate surface area is 120 Å². The van der Waals surface area contributed by atoms with Crippen molar-refractivity contribution in [3.05, 3.63) is 28.8 Å². The van der Waals surface area contributed by atoms with Gasteiger partial charge in [-0.3, -0.25) is 9.59 Å². The van der Waals surface area contributed by atoms with E-state index in [0.717, 1.165) is 16.7 Å². The Morgan fingerprint density at radius 2 is 1.60 bits per heavy atom. The van der Waals surface area contributed by atoms with Crippen LogP contribution >= 0.6 is 0 Å². The lowest BCUT2D eigenvalue weighted by atomic mass is 10.1. The third-order valence-electron chi connectivity index (χ3n) is 2.97. The summed E-state index contributed by atoms with van der Waals surface area (Å²) in [6.45, 7) is 6.98. The monoisotopic (exact) mass is 277 g/mol. The van der Waals surface area contributed by atoms with E-state index in [9.17, 15) is 9.59 Å². The van der Waals surface area contributed by atoms with Crippen molar-refractivity contribution < 1.29 is 9.59 Å². The Bertz CT molecular complexity index is 487. The summed E-state index contributed by atoms with van der Waals surface area (Å²) in [7, 11) is 3.82. The summed E-state index contributed by atoms with van der Waals surface area (Å²) >= 11 is 0. The summed E-state index contributed by atoms with van der Waals surface area (Å²) in [5.41, 5.74) is 3.76. The molecular weight excluding hydrogens is 254 g/mol. The Kier molecular flexibility index (Phi) is 5.70. The zero-order valence-electron chi connectivity index (χ0n) is 12.8. The minimum atomic E-state index is -0.626. The number of hydrogen-bond acceptors (Lipinski definition) is 3. The second-order valence-corrected chi connectivity index (χ2v) is 5.29. The number of carbonyl (C=O) groups is 2. The van der Waals surface area contributed by atoms with E-state index >= 15 is 0 Å². The first kappa shape index (κ1) is 16.2. The topological polar surface area (TPSA) is 61.4 Å². The van der Waals surface area contributed by atoms with Gasteiger partial charge < -0.3 is 15.5 Å². The third kappa shape index (κ3) is 4.66. The van der Waals surface area contributed by atoms with Gasteiger partial charge in [0.2, 0.25) is 0 Å². The van der Waals surface area contributed by atoms with Crippen LogP contribution in [-0.4, -0.2) is 43.9 Å². The van der Waals surface area contributed by atoms with Crippen LogP contribution in [0.5, 0.6) is 0 Å². The molecule has 1 aromatic rings. The lowest BCUT2D eigenvalue weighted by Gasteiger charge is -2.13.